The summed E-state index contributed by atoms with van der Waals surface area (Å²) in [5.41, 5.74) is 4.77. The minimum absolute atomic E-state index is 0.168. The van der Waals surface area contributed by atoms with Gasteiger partial charge in [0.2, 0.25) is 5.91 Å². The number of halogens is 1. The highest BCUT2D eigenvalue weighted by Gasteiger charge is 2.23. The van der Waals surface area contributed by atoms with Gasteiger partial charge >= 0.3 is 0 Å². The number of likely N-dealkylation sites (tertiary alicyclic amines) is 1. The van der Waals surface area contributed by atoms with Crippen molar-refractivity contribution in [2.24, 2.45) is 5.73 Å². The Labute approximate surface area is 90.0 Å². The molecule has 88 valence electrons. The van der Waals surface area contributed by atoms with E-state index in [-0.39, 0.29) is 5.91 Å². The number of alkyl halides is 1. The van der Waals surface area contributed by atoms with Crippen LogP contribution in [0.4, 0.5) is 4.39 Å². The molecular weight excluding hydrogens is 197 g/mol. The summed E-state index contributed by atoms with van der Waals surface area (Å²) in [5.74, 6) is -0.168. The standard InChI is InChI=1S/C10H20FN3O/c1-10(2,12)9(15)13-4-6-14-5-3-8(11)7-14/h8H,3-7,12H2,1-2H3,(H,13,15). The van der Waals surface area contributed by atoms with E-state index in [0.29, 0.717) is 26.1 Å². The summed E-state index contributed by atoms with van der Waals surface area (Å²) in [7, 11) is 0. The molecule has 3 N–H and O–H groups in total. The third-order valence-electron chi connectivity index (χ3n) is 2.51. The molecule has 1 aliphatic heterocycles. The van der Waals surface area contributed by atoms with Gasteiger partial charge in [0.25, 0.3) is 0 Å². The van der Waals surface area contributed by atoms with Crippen LogP contribution in [0.2, 0.25) is 0 Å². The monoisotopic (exact) mass is 217 g/mol. The normalized spacial score (nSPS) is 23.1. The van der Waals surface area contributed by atoms with E-state index in [9.17, 15) is 9.18 Å². The third kappa shape index (κ3) is 4.13. The second-order valence-electron chi connectivity index (χ2n) is 4.66. The Morgan fingerprint density at radius 2 is 2.33 bits per heavy atom. The Morgan fingerprint density at radius 3 is 2.80 bits per heavy atom. The number of carbonyl (C=O) groups is 1. The Morgan fingerprint density at radius 1 is 1.67 bits per heavy atom. The van der Waals surface area contributed by atoms with Crippen molar-refractivity contribution in [2.75, 3.05) is 26.2 Å². The van der Waals surface area contributed by atoms with Crippen LogP contribution >= 0.6 is 0 Å². The Hall–Kier alpha value is -0.680. The fraction of sp³-hybridized carbons (Fsp3) is 0.900. The molecule has 1 heterocycles. The highest BCUT2D eigenvalue weighted by molar-refractivity contribution is 5.84. The zero-order valence-electron chi connectivity index (χ0n) is 9.42. The number of hydrogen-bond donors (Lipinski definition) is 2. The second kappa shape index (κ2) is 4.90. The van der Waals surface area contributed by atoms with Gasteiger partial charge in [-0.25, -0.2) is 4.39 Å². The fourth-order valence-corrected chi connectivity index (χ4v) is 1.54. The van der Waals surface area contributed by atoms with Crippen LogP contribution in [0.5, 0.6) is 0 Å². The molecule has 1 unspecified atom stereocenters. The number of carbonyl (C=O) groups excluding carboxylic acids is 1. The highest BCUT2D eigenvalue weighted by Crippen LogP contribution is 2.10. The average molecular weight is 217 g/mol. The van der Waals surface area contributed by atoms with Crippen LogP contribution in [0.15, 0.2) is 0 Å². The lowest BCUT2D eigenvalue weighted by molar-refractivity contribution is -0.125. The summed E-state index contributed by atoms with van der Waals surface area (Å²) in [5, 5.41) is 2.74. The van der Waals surface area contributed by atoms with Gasteiger partial charge < -0.3 is 11.1 Å². The number of nitrogens with zero attached hydrogens (tertiary/aromatic N) is 1. The van der Waals surface area contributed by atoms with E-state index in [0.717, 1.165) is 6.54 Å². The molecule has 0 bridgehead atoms. The van der Waals surface area contributed by atoms with Crippen molar-refractivity contribution in [1.29, 1.82) is 0 Å². The topological polar surface area (TPSA) is 58.4 Å². The molecule has 0 aromatic carbocycles. The van der Waals surface area contributed by atoms with E-state index in [4.69, 9.17) is 5.73 Å². The Balaban J connectivity index is 2.14. The van der Waals surface area contributed by atoms with E-state index >= 15 is 0 Å². The van der Waals surface area contributed by atoms with E-state index in [2.05, 4.69) is 5.32 Å². The molecule has 1 saturated heterocycles. The fourth-order valence-electron chi connectivity index (χ4n) is 1.54. The van der Waals surface area contributed by atoms with Crippen molar-refractivity contribution in [1.82, 2.24) is 10.2 Å². The minimum Gasteiger partial charge on any atom is -0.353 e. The maximum atomic E-state index is 12.8. The first kappa shape index (κ1) is 12.4. The molecule has 5 heteroatoms. The zero-order valence-corrected chi connectivity index (χ0v) is 9.42. The first-order valence-electron chi connectivity index (χ1n) is 5.33. The average Bonchev–Trinajstić information content (AvgIpc) is 2.49. The zero-order chi connectivity index (χ0) is 11.5. The predicted molar refractivity (Wildman–Crippen MR) is 57.2 cm³/mol. The van der Waals surface area contributed by atoms with Gasteiger partial charge in [-0.3, -0.25) is 9.69 Å². The quantitative estimate of drug-likeness (QED) is 0.690. The molecule has 0 aromatic heterocycles. The lowest BCUT2D eigenvalue weighted by Gasteiger charge is -2.20. The van der Waals surface area contributed by atoms with Crippen LogP contribution in [-0.2, 0) is 4.79 Å². The van der Waals surface area contributed by atoms with Gasteiger partial charge in [-0.15, -0.1) is 0 Å². The van der Waals surface area contributed by atoms with Crippen molar-refractivity contribution in [3.05, 3.63) is 0 Å². The summed E-state index contributed by atoms with van der Waals surface area (Å²) in [6.07, 6.45) is -0.0947. The van der Waals surface area contributed by atoms with E-state index in [1.54, 1.807) is 13.8 Å². The summed E-state index contributed by atoms with van der Waals surface area (Å²) >= 11 is 0. The van der Waals surface area contributed by atoms with Crippen LogP contribution < -0.4 is 11.1 Å². The highest BCUT2D eigenvalue weighted by atomic mass is 19.1. The Bertz CT molecular complexity index is 227. The van der Waals surface area contributed by atoms with Crippen LogP contribution in [0.25, 0.3) is 0 Å². The van der Waals surface area contributed by atoms with Crippen molar-refractivity contribution in [2.45, 2.75) is 32.0 Å². The minimum atomic E-state index is -0.840. The summed E-state index contributed by atoms with van der Waals surface area (Å²) in [4.78, 5) is 13.4. The molecule has 0 aliphatic carbocycles. The maximum Gasteiger partial charge on any atom is 0.239 e. The number of hydrogen-bond acceptors (Lipinski definition) is 3. The summed E-state index contributed by atoms with van der Waals surface area (Å²) < 4.78 is 12.8. The van der Waals surface area contributed by atoms with Crippen LogP contribution in [0.1, 0.15) is 20.3 Å². The molecule has 1 aliphatic rings. The van der Waals surface area contributed by atoms with Crippen LogP contribution in [0, 0.1) is 0 Å². The van der Waals surface area contributed by atoms with Gasteiger partial charge in [0.1, 0.15) is 6.17 Å². The first-order chi connectivity index (χ1) is 6.89. The molecule has 0 saturated carbocycles. The van der Waals surface area contributed by atoms with Crippen molar-refractivity contribution in [3.63, 3.8) is 0 Å². The molecule has 0 aromatic rings. The molecule has 1 fully saturated rings. The molecule has 15 heavy (non-hydrogen) atoms. The number of rotatable bonds is 4. The van der Waals surface area contributed by atoms with Crippen molar-refractivity contribution in [3.8, 4) is 0 Å². The lowest BCUT2D eigenvalue weighted by atomic mass is 10.1. The largest absolute Gasteiger partial charge is 0.353 e. The maximum absolute atomic E-state index is 12.8. The molecule has 1 atom stereocenters. The van der Waals surface area contributed by atoms with Gasteiger partial charge in [0, 0.05) is 26.2 Å². The smallest absolute Gasteiger partial charge is 0.239 e. The number of nitrogens with two attached hydrogens (primary N) is 1. The van der Waals surface area contributed by atoms with Gasteiger partial charge in [-0.1, -0.05) is 0 Å². The van der Waals surface area contributed by atoms with Crippen LogP contribution in [-0.4, -0.2) is 48.7 Å². The number of amides is 1. The molecule has 1 rings (SSSR count). The Kier molecular flexibility index (Phi) is 4.04. The van der Waals surface area contributed by atoms with Crippen LogP contribution in [0.3, 0.4) is 0 Å². The van der Waals surface area contributed by atoms with E-state index < -0.39 is 11.7 Å². The molecule has 0 radical (unpaired) electrons. The van der Waals surface area contributed by atoms with E-state index in [1.165, 1.54) is 0 Å². The summed E-state index contributed by atoms with van der Waals surface area (Å²) in [6, 6.07) is 0. The number of nitrogens with one attached hydrogen (secondary N) is 1. The summed E-state index contributed by atoms with van der Waals surface area (Å²) in [6.45, 7) is 5.82. The second-order valence-corrected chi connectivity index (χ2v) is 4.66. The van der Waals surface area contributed by atoms with Crippen molar-refractivity contribution >= 4 is 5.91 Å². The molecule has 1 amide bonds. The van der Waals surface area contributed by atoms with Gasteiger partial charge in [-0.2, -0.15) is 0 Å². The molecule has 0 spiro atoms. The molecular formula is C10H20FN3O. The predicted octanol–water partition coefficient (Wildman–Crippen LogP) is -0.116. The third-order valence-corrected chi connectivity index (χ3v) is 2.51. The first-order valence-corrected chi connectivity index (χ1v) is 5.33. The van der Waals surface area contributed by atoms with Gasteiger partial charge in [0.05, 0.1) is 5.54 Å². The molecule has 4 nitrogen and oxygen atoms in total. The SMILES string of the molecule is CC(C)(N)C(=O)NCCN1CCC(F)C1. The van der Waals surface area contributed by atoms with Crippen molar-refractivity contribution < 1.29 is 9.18 Å². The lowest BCUT2D eigenvalue weighted by Crippen LogP contribution is -2.50. The van der Waals surface area contributed by atoms with E-state index in [1.807, 2.05) is 4.90 Å². The van der Waals surface area contributed by atoms with Gasteiger partial charge in [0.15, 0.2) is 0 Å². The van der Waals surface area contributed by atoms with Gasteiger partial charge in [-0.05, 0) is 20.3 Å².